The number of ether oxygens (including phenoxy) is 1. The van der Waals surface area contributed by atoms with Crippen LogP contribution in [0.5, 0.6) is 0 Å². The summed E-state index contributed by atoms with van der Waals surface area (Å²) in [6.45, 7) is 9.29. The van der Waals surface area contributed by atoms with Gasteiger partial charge < -0.3 is 10.5 Å². The average Bonchev–Trinajstić information content (AvgIpc) is 2.97. The summed E-state index contributed by atoms with van der Waals surface area (Å²) in [5.74, 6) is 0. The van der Waals surface area contributed by atoms with Gasteiger partial charge in [0.05, 0.1) is 18.8 Å². The third-order valence-electron chi connectivity index (χ3n) is 4.79. The van der Waals surface area contributed by atoms with Crippen molar-refractivity contribution in [3.05, 3.63) is 35.9 Å². The summed E-state index contributed by atoms with van der Waals surface area (Å²) in [7, 11) is 0. The second-order valence-corrected chi connectivity index (χ2v) is 6.61. The van der Waals surface area contributed by atoms with Crippen molar-refractivity contribution in [2.24, 2.45) is 5.73 Å². The van der Waals surface area contributed by atoms with Gasteiger partial charge in [-0.2, -0.15) is 0 Å². The van der Waals surface area contributed by atoms with Gasteiger partial charge in [-0.25, -0.2) is 0 Å². The van der Waals surface area contributed by atoms with E-state index in [0.717, 1.165) is 45.9 Å². The van der Waals surface area contributed by atoms with E-state index >= 15 is 0 Å². The third kappa shape index (κ3) is 3.64. The SMILES string of the molecule is CC(N)(CN1CCC(N2CCOCC2)C1)c1ccccc1. The van der Waals surface area contributed by atoms with E-state index in [9.17, 15) is 0 Å². The number of rotatable bonds is 4. The van der Waals surface area contributed by atoms with Gasteiger partial charge in [-0.3, -0.25) is 9.80 Å². The molecule has 21 heavy (non-hydrogen) atoms. The van der Waals surface area contributed by atoms with Crippen LogP contribution in [0.1, 0.15) is 18.9 Å². The van der Waals surface area contributed by atoms with Gasteiger partial charge in [-0.05, 0) is 25.5 Å². The van der Waals surface area contributed by atoms with Crippen LogP contribution >= 0.6 is 0 Å². The van der Waals surface area contributed by atoms with Crippen LogP contribution in [0.15, 0.2) is 30.3 Å². The fourth-order valence-corrected chi connectivity index (χ4v) is 3.57. The Morgan fingerprint density at radius 3 is 2.62 bits per heavy atom. The zero-order chi connectivity index (χ0) is 14.7. The highest BCUT2D eigenvalue weighted by Crippen LogP contribution is 2.23. The number of hydrogen-bond donors (Lipinski definition) is 1. The van der Waals surface area contributed by atoms with Crippen molar-refractivity contribution in [1.29, 1.82) is 0 Å². The number of benzene rings is 1. The molecule has 1 aromatic carbocycles. The molecular weight excluding hydrogens is 262 g/mol. The normalized spacial score (nSPS) is 27.6. The van der Waals surface area contributed by atoms with Gasteiger partial charge in [0.25, 0.3) is 0 Å². The first kappa shape index (κ1) is 15.0. The average molecular weight is 289 g/mol. The second-order valence-electron chi connectivity index (χ2n) is 6.61. The van der Waals surface area contributed by atoms with E-state index in [0.29, 0.717) is 6.04 Å². The van der Waals surface area contributed by atoms with Crippen molar-refractivity contribution < 1.29 is 4.74 Å². The van der Waals surface area contributed by atoms with Gasteiger partial charge in [0, 0.05) is 32.2 Å². The zero-order valence-electron chi connectivity index (χ0n) is 13.0. The molecule has 2 saturated heterocycles. The number of morpholine rings is 1. The molecule has 0 saturated carbocycles. The number of nitrogens with two attached hydrogens (primary N) is 1. The summed E-state index contributed by atoms with van der Waals surface area (Å²) in [4.78, 5) is 5.10. The van der Waals surface area contributed by atoms with Crippen molar-refractivity contribution in [2.45, 2.75) is 24.9 Å². The van der Waals surface area contributed by atoms with E-state index in [-0.39, 0.29) is 5.54 Å². The lowest BCUT2D eigenvalue weighted by molar-refractivity contribution is 0.0181. The van der Waals surface area contributed by atoms with Crippen LogP contribution in [0.25, 0.3) is 0 Å². The molecule has 0 aliphatic carbocycles. The Morgan fingerprint density at radius 2 is 1.90 bits per heavy atom. The zero-order valence-corrected chi connectivity index (χ0v) is 13.0. The lowest BCUT2D eigenvalue weighted by Gasteiger charge is -2.34. The molecule has 0 spiro atoms. The first-order valence-corrected chi connectivity index (χ1v) is 8.04. The first-order valence-electron chi connectivity index (χ1n) is 8.04. The fraction of sp³-hybridized carbons (Fsp3) is 0.647. The third-order valence-corrected chi connectivity index (χ3v) is 4.79. The molecule has 2 heterocycles. The largest absolute Gasteiger partial charge is 0.379 e. The molecular formula is C17H27N3O. The minimum absolute atomic E-state index is 0.277. The van der Waals surface area contributed by atoms with E-state index in [2.05, 4.69) is 41.0 Å². The van der Waals surface area contributed by atoms with E-state index in [1.54, 1.807) is 0 Å². The summed E-state index contributed by atoms with van der Waals surface area (Å²) in [5, 5.41) is 0. The monoisotopic (exact) mass is 289 g/mol. The Labute approximate surface area is 127 Å². The maximum Gasteiger partial charge on any atom is 0.0594 e. The highest BCUT2D eigenvalue weighted by Gasteiger charge is 2.32. The van der Waals surface area contributed by atoms with Crippen molar-refractivity contribution in [3.63, 3.8) is 0 Å². The van der Waals surface area contributed by atoms with Crippen molar-refractivity contribution >= 4 is 0 Å². The second kappa shape index (κ2) is 6.44. The Hall–Kier alpha value is -0.940. The van der Waals surface area contributed by atoms with Crippen LogP contribution in [0.2, 0.25) is 0 Å². The molecule has 2 fully saturated rings. The van der Waals surface area contributed by atoms with Crippen molar-refractivity contribution in [2.75, 3.05) is 45.9 Å². The molecule has 3 rings (SSSR count). The van der Waals surface area contributed by atoms with Crippen LogP contribution in [0, 0.1) is 0 Å². The maximum absolute atomic E-state index is 6.57. The highest BCUT2D eigenvalue weighted by atomic mass is 16.5. The Morgan fingerprint density at radius 1 is 1.19 bits per heavy atom. The Bertz CT molecular complexity index is 443. The predicted octanol–water partition coefficient (Wildman–Crippen LogP) is 1.27. The van der Waals surface area contributed by atoms with Crippen LogP contribution in [0.4, 0.5) is 0 Å². The quantitative estimate of drug-likeness (QED) is 0.906. The number of likely N-dealkylation sites (tertiary alicyclic amines) is 1. The number of hydrogen-bond acceptors (Lipinski definition) is 4. The fourth-order valence-electron chi connectivity index (χ4n) is 3.57. The molecule has 0 radical (unpaired) electrons. The molecule has 2 unspecified atom stereocenters. The van der Waals surface area contributed by atoms with E-state index in [1.807, 2.05) is 6.07 Å². The molecule has 4 heteroatoms. The lowest BCUT2D eigenvalue weighted by Crippen LogP contribution is -2.47. The molecule has 2 aliphatic rings. The van der Waals surface area contributed by atoms with Gasteiger partial charge in [0.1, 0.15) is 0 Å². The first-order chi connectivity index (χ1) is 10.1. The Balaban J connectivity index is 1.56. The van der Waals surface area contributed by atoms with E-state index in [1.165, 1.54) is 12.0 Å². The highest BCUT2D eigenvalue weighted by molar-refractivity contribution is 5.23. The van der Waals surface area contributed by atoms with Crippen LogP contribution in [-0.2, 0) is 10.3 Å². The molecule has 0 bridgehead atoms. The Kier molecular flexibility index (Phi) is 4.60. The van der Waals surface area contributed by atoms with Gasteiger partial charge in [-0.15, -0.1) is 0 Å². The van der Waals surface area contributed by atoms with Crippen molar-refractivity contribution in [1.82, 2.24) is 9.80 Å². The summed E-state index contributed by atoms with van der Waals surface area (Å²) >= 11 is 0. The van der Waals surface area contributed by atoms with Gasteiger partial charge in [0.15, 0.2) is 0 Å². The summed E-state index contributed by atoms with van der Waals surface area (Å²) < 4.78 is 5.45. The smallest absolute Gasteiger partial charge is 0.0594 e. The molecule has 116 valence electrons. The van der Waals surface area contributed by atoms with Gasteiger partial charge >= 0.3 is 0 Å². The predicted molar refractivity (Wildman–Crippen MR) is 85.2 cm³/mol. The van der Waals surface area contributed by atoms with Crippen molar-refractivity contribution in [3.8, 4) is 0 Å². The minimum Gasteiger partial charge on any atom is -0.379 e. The topological polar surface area (TPSA) is 41.7 Å². The molecule has 2 N–H and O–H groups in total. The summed E-state index contributed by atoms with van der Waals surface area (Å²) in [6, 6.07) is 11.1. The number of nitrogens with zero attached hydrogens (tertiary/aromatic N) is 2. The summed E-state index contributed by atoms with van der Waals surface area (Å²) in [5.41, 5.74) is 7.51. The molecule has 2 atom stereocenters. The molecule has 2 aliphatic heterocycles. The molecule has 0 aromatic heterocycles. The van der Waals surface area contributed by atoms with Gasteiger partial charge in [-0.1, -0.05) is 30.3 Å². The maximum atomic E-state index is 6.57. The minimum atomic E-state index is -0.277. The standard InChI is InChI=1S/C17H27N3O/c1-17(18,15-5-3-2-4-6-15)14-19-8-7-16(13-19)20-9-11-21-12-10-20/h2-6,16H,7-14,18H2,1H3. The molecule has 1 aromatic rings. The van der Waals surface area contributed by atoms with Crippen LogP contribution < -0.4 is 5.73 Å². The van der Waals surface area contributed by atoms with Gasteiger partial charge in [0.2, 0.25) is 0 Å². The van der Waals surface area contributed by atoms with E-state index in [4.69, 9.17) is 10.5 Å². The lowest BCUT2D eigenvalue weighted by atomic mass is 9.93. The molecule has 4 nitrogen and oxygen atoms in total. The van der Waals surface area contributed by atoms with Crippen LogP contribution in [-0.4, -0.2) is 61.8 Å². The van der Waals surface area contributed by atoms with E-state index < -0.39 is 0 Å². The summed E-state index contributed by atoms with van der Waals surface area (Å²) in [6.07, 6.45) is 1.25. The molecule has 0 amide bonds. The van der Waals surface area contributed by atoms with Crippen LogP contribution in [0.3, 0.4) is 0 Å².